The Morgan fingerprint density at radius 2 is 1.65 bits per heavy atom. The van der Waals surface area contributed by atoms with Crippen LogP contribution in [-0.4, -0.2) is 34.3 Å². The highest BCUT2D eigenvalue weighted by atomic mass is 16.6. The number of carboxylic acid groups (broad SMARTS) is 1. The molecule has 0 fully saturated rings. The van der Waals surface area contributed by atoms with Gasteiger partial charge in [0.05, 0.1) is 12.1 Å². The summed E-state index contributed by atoms with van der Waals surface area (Å²) in [6, 6.07) is 9.68. The van der Waals surface area contributed by atoms with E-state index in [2.05, 4.69) is 19.1 Å². The maximum absolute atomic E-state index is 11.7. The molecule has 188 valence electrons. The average Bonchev–Trinajstić information content (AvgIpc) is 3.19. The van der Waals surface area contributed by atoms with Crippen molar-refractivity contribution in [3.8, 4) is 5.75 Å². The summed E-state index contributed by atoms with van der Waals surface area (Å²) in [6.45, 7) is 10.0. The second kappa shape index (κ2) is 13.2. The molecule has 1 aromatic carbocycles. The van der Waals surface area contributed by atoms with Crippen molar-refractivity contribution in [1.82, 2.24) is 4.57 Å². The Kier molecular flexibility index (Phi) is 10.7. The summed E-state index contributed by atoms with van der Waals surface area (Å²) in [5, 5.41) is 9.58. The molecule has 0 radical (unpaired) electrons. The van der Waals surface area contributed by atoms with Gasteiger partial charge in [0.2, 0.25) is 0 Å². The Bertz CT molecular complexity index is 908. The quantitative estimate of drug-likeness (QED) is 0.255. The number of esters is 1. The van der Waals surface area contributed by atoms with Crippen LogP contribution < -0.4 is 4.74 Å². The van der Waals surface area contributed by atoms with E-state index >= 15 is 0 Å². The van der Waals surface area contributed by atoms with Gasteiger partial charge in [-0.2, -0.15) is 0 Å². The molecule has 0 aliphatic carbocycles. The summed E-state index contributed by atoms with van der Waals surface area (Å²) in [5.41, 5.74) is 1.86. The van der Waals surface area contributed by atoms with Gasteiger partial charge >= 0.3 is 11.9 Å². The van der Waals surface area contributed by atoms with E-state index in [9.17, 15) is 14.7 Å². The summed E-state index contributed by atoms with van der Waals surface area (Å²) in [4.78, 5) is 23.4. The van der Waals surface area contributed by atoms with E-state index < -0.39 is 18.0 Å². The van der Waals surface area contributed by atoms with Gasteiger partial charge in [-0.1, -0.05) is 71.9 Å². The third-order valence-corrected chi connectivity index (χ3v) is 5.82. The second-order valence-electron chi connectivity index (χ2n) is 9.99. The number of ether oxygens (including phenoxy) is 2. The molecule has 6 heteroatoms. The van der Waals surface area contributed by atoms with Crippen LogP contribution in [0.4, 0.5) is 0 Å². The molecule has 1 unspecified atom stereocenters. The molecule has 1 atom stereocenters. The van der Waals surface area contributed by atoms with Crippen molar-refractivity contribution in [3.63, 3.8) is 0 Å². The van der Waals surface area contributed by atoms with Crippen molar-refractivity contribution in [2.45, 2.75) is 97.6 Å². The first-order valence-electron chi connectivity index (χ1n) is 12.4. The molecule has 0 aliphatic rings. The van der Waals surface area contributed by atoms with E-state index in [4.69, 9.17) is 9.47 Å². The lowest BCUT2D eigenvalue weighted by Gasteiger charge is -2.26. The highest BCUT2D eigenvalue weighted by Gasteiger charge is 2.27. The van der Waals surface area contributed by atoms with Crippen LogP contribution in [0.15, 0.2) is 36.5 Å². The van der Waals surface area contributed by atoms with Gasteiger partial charge in [-0.05, 0) is 36.6 Å². The predicted molar refractivity (Wildman–Crippen MR) is 135 cm³/mol. The van der Waals surface area contributed by atoms with Crippen LogP contribution in [0.2, 0.25) is 0 Å². The number of carbonyl (C=O) groups is 2. The predicted octanol–water partition coefficient (Wildman–Crippen LogP) is 6.40. The number of hydrogen-bond acceptors (Lipinski definition) is 4. The van der Waals surface area contributed by atoms with Crippen molar-refractivity contribution >= 4 is 11.9 Å². The van der Waals surface area contributed by atoms with Crippen LogP contribution in [-0.2, 0) is 27.9 Å². The summed E-state index contributed by atoms with van der Waals surface area (Å²) in [6.07, 6.45) is 9.94. The first kappa shape index (κ1) is 27.5. The number of unbranched alkanes of at least 4 members (excludes halogenated alkanes) is 5. The van der Waals surface area contributed by atoms with Crippen molar-refractivity contribution in [2.24, 2.45) is 0 Å². The standard InChI is InChI=1S/C28H41NO5/c1-6-7-8-9-10-11-12-22-13-15-23(16-14-22)33-20-24(34-21(2)30)19-29-18-17-25(27(31)32)26(29)28(3,4)5/h13-18,24H,6-12,19-20H2,1-5H3,(H,31,32). The van der Waals surface area contributed by atoms with E-state index in [0.29, 0.717) is 12.2 Å². The minimum atomic E-state index is -0.968. The summed E-state index contributed by atoms with van der Waals surface area (Å²) in [7, 11) is 0. The van der Waals surface area contributed by atoms with Crippen LogP contribution in [0, 0.1) is 0 Å². The van der Waals surface area contributed by atoms with Gasteiger partial charge in [-0.15, -0.1) is 0 Å². The van der Waals surface area contributed by atoms with Crippen LogP contribution >= 0.6 is 0 Å². The molecule has 0 saturated carbocycles. The molecule has 1 N–H and O–H groups in total. The largest absolute Gasteiger partial charge is 0.490 e. The van der Waals surface area contributed by atoms with Gasteiger partial charge in [0.15, 0.2) is 6.10 Å². The highest BCUT2D eigenvalue weighted by molar-refractivity contribution is 5.89. The number of rotatable bonds is 14. The van der Waals surface area contributed by atoms with Crippen molar-refractivity contribution < 1.29 is 24.2 Å². The highest BCUT2D eigenvalue weighted by Crippen LogP contribution is 2.28. The Morgan fingerprint density at radius 1 is 1.00 bits per heavy atom. The Labute approximate surface area is 204 Å². The van der Waals surface area contributed by atoms with Gasteiger partial charge < -0.3 is 19.1 Å². The lowest BCUT2D eigenvalue weighted by molar-refractivity contribution is -0.148. The number of aromatic carboxylic acids is 1. The number of benzene rings is 1. The lowest BCUT2D eigenvalue weighted by Crippen LogP contribution is -2.31. The molecule has 0 spiro atoms. The van der Waals surface area contributed by atoms with Gasteiger partial charge in [0, 0.05) is 24.2 Å². The molecule has 2 aromatic rings. The molecule has 6 nitrogen and oxygen atoms in total. The molecule has 0 amide bonds. The van der Waals surface area contributed by atoms with Gasteiger partial charge in [0.25, 0.3) is 0 Å². The SMILES string of the molecule is CCCCCCCCc1ccc(OCC(Cn2ccc(C(=O)O)c2C(C)(C)C)OC(C)=O)cc1. The van der Waals surface area contributed by atoms with Crippen LogP contribution in [0.25, 0.3) is 0 Å². The molecule has 0 bridgehead atoms. The number of aryl methyl sites for hydroxylation is 1. The topological polar surface area (TPSA) is 77.8 Å². The first-order valence-corrected chi connectivity index (χ1v) is 12.4. The number of carboxylic acids is 1. The Hall–Kier alpha value is -2.76. The third-order valence-electron chi connectivity index (χ3n) is 5.82. The average molecular weight is 472 g/mol. The molecular weight excluding hydrogens is 430 g/mol. The van der Waals surface area contributed by atoms with E-state index in [0.717, 1.165) is 12.2 Å². The van der Waals surface area contributed by atoms with Crippen molar-refractivity contribution in [2.75, 3.05) is 6.61 Å². The normalized spacial score (nSPS) is 12.4. The zero-order valence-corrected chi connectivity index (χ0v) is 21.4. The zero-order valence-electron chi connectivity index (χ0n) is 21.4. The minimum absolute atomic E-state index is 0.181. The molecule has 34 heavy (non-hydrogen) atoms. The fourth-order valence-corrected chi connectivity index (χ4v) is 4.26. The van der Waals surface area contributed by atoms with Gasteiger partial charge in [-0.25, -0.2) is 4.79 Å². The van der Waals surface area contributed by atoms with E-state index in [1.165, 1.54) is 51.0 Å². The monoisotopic (exact) mass is 471 g/mol. The first-order chi connectivity index (χ1) is 16.1. The smallest absolute Gasteiger partial charge is 0.337 e. The number of aromatic nitrogens is 1. The van der Waals surface area contributed by atoms with Crippen molar-refractivity contribution in [1.29, 1.82) is 0 Å². The molecule has 2 rings (SSSR count). The molecule has 1 heterocycles. The molecule has 0 saturated heterocycles. The number of hydrogen-bond donors (Lipinski definition) is 1. The summed E-state index contributed by atoms with van der Waals surface area (Å²) >= 11 is 0. The van der Waals surface area contributed by atoms with Crippen LogP contribution in [0.3, 0.4) is 0 Å². The fraction of sp³-hybridized carbons (Fsp3) is 0.571. The maximum atomic E-state index is 11.7. The second-order valence-corrected chi connectivity index (χ2v) is 9.99. The molecule has 1 aromatic heterocycles. The van der Waals surface area contributed by atoms with Gasteiger partial charge in [0.1, 0.15) is 12.4 Å². The van der Waals surface area contributed by atoms with E-state index in [-0.39, 0.29) is 17.6 Å². The zero-order chi connectivity index (χ0) is 25.1. The maximum Gasteiger partial charge on any atom is 0.337 e. The lowest BCUT2D eigenvalue weighted by atomic mass is 9.89. The fourth-order valence-electron chi connectivity index (χ4n) is 4.26. The van der Waals surface area contributed by atoms with E-state index in [1.54, 1.807) is 12.3 Å². The number of nitrogens with zero attached hydrogens (tertiary/aromatic N) is 1. The van der Waals surface area contributed by atoms with E-state index in [1.807, 2.05) is 37.5 Å². The summed E-state index contributed by atoms with van der Waals surface area (Å²) < 4.78 is 13.3. The Morgan fingerprint density at radius 3 is 2.24 bits per heavy atom. The van der Waals surface area contributed by atoms with Crippen LogP contribution in [0.5, 0.6) is 5.75 Å². The number of carbonyl (C=O) groups excluding carboxylic acids is 1. The molecule has 0 aliphatic heterocycles. The summed E-state index contributed by atoms with van der Waals surface area (Å²) in [5.74, 6) is -0.644. The van der Waals surface area contributed by atoms with Crippen LogP contribution in [0.1, 0.15) is 94.8 Å². The Balaban J connectivity index is 1.98. The minimum Gasteiger partial charge on any atom is -0.490 e. The van der Waals surface area contributed by atoms with Crippen molar-refractivity contribution in [3.05, 3.63) is 53.3 Å². The molecular formula is C28H41NO5. The third kappa shape index (κ3) is 8.88. The van der Waals surface area contributed by atoms with Gasteiger partial charge in [-0.3, -0.25) is 4.79 Å².